The van der Waals surface area contributed by atoms with Gasteiger partial charge >= 0.3 is 0 Å². The Morgan fingerprint density at radius 2 is 2.00 bits per heavy atom. The summed E-state index contributed by atoms with van der Waals surface area (Å²) in [6.45, 7) is 5.80. The van der Waals surface area contributed by atoms with Crippen LogP contribution in [0.1, 0.15) is 28.1 Å². The number of hydrogen-bond acceptors (Lipinski definition) is 5. The Balaban J connectivity index is 1.63. The number of morpholine rings is 1. The second-order valence-corrected chi connectivity index (χ2v) is 7.29. The molecule has 1 aromatic heterocycles. The summed E-state index contributed by atoms with van der Waals surface area (Å²) in [4.78, 5) is 16.1. The number of nitrogens with zero attached hydrogens (tertiary/aromatic N) is 1. The molecular formula is C19H25N3O2S. The van der Waals surface area contributed by atoms with Gasteiger partial charge in [0.25, 0.3) is 0 Å². The first-order valence-corrected chi connectivity index (χ1v) is 9.48. The first-order chi connectivity index (χ1) is 12.1. The van der Waals surface area contributed by atoms with Crippen LogP contribution in [0.3, 0.4) is 0 Å². The van der Waals surface area contributed by atoms with Crippen LogP contribution in [0.25, 0.3) is 0 Å². The van der Waals surface area contributed by atoms with Gasteiger partial charge in [-0.1, -0.05) is 35.9 Å². The number of nitrogens with two attached hydrogens (primary N) is 1. The summed E-state index contributed by atoms with van der Waals surface area (Å²) >= 11 is 1.72. The highest BCUT2D eigenvalue weighted by atomic mass is 32.1. The molecule has 1 amide bonds. The van der Waals surface area contributed by atoms with Crippen LogP contribution in [0.2, 0.25) is 0 Å². The molecule has 3 N–H and O–H groups in total. The van der Waals surface area contributed by atoms with Crippen molar-refractivity contribution < 1.29 is 9.53 Å². The van der Waals surface area contributed by atoms with Crippen molar-refractivity contribution in [2.45, 2.75) is 19.0 Å². The predicted octanol–water partition coefficient (Wildman–Crippen LogP) is 2.25. The number of amides is 1. The lowest BCUT2D eigenvalue weighted by molar-refractivity contribution is -0.122. The van der Waals surface area contributed by atoms with Gasteiger partial charge in [-0.2, -0.15) is 0 Å². The Kier molecular flexibility index (Phi) is 6.20. The van der Waals surface area contributed by atoms with Gasteiger partial charge in [0.1, 0.15) is 6.04 Å². The molecular weight excluding hydrogens is 334 g/mol. The van der Waals surface area contributed by atoms with Crippen molar-refractivity contribution in [1.82, 2.24) is 10.2 Å². The van der Waals surface area contributed by atoms with E-state index in [0.717, 1.165) is 37.4 Å². The Morgan fingerprint density at radius 1 is 1.28 bits per heavy atom. The number of carbonyl (C=O) groups excluding carboxylic acids is 1. The molecule has 25 heavy (non-hydrogen) atoms. The summed E-state index contributed by atoms with van der Waals surface area (Å²) in [5.74, 6) is -0.140. The second kappa shape index (κ2) is 8.58. The summed E-state index contributed by atoms with van der Waals surface area (Å²) in [7, 11) is 0. The fraction of sp³-hybridized carbons (Fsp3) is 0.421. The quantitative estimate of drug-likeness (QED) is 0.830. The Morgan fingerprint density at radius 3 is 2.64 bits per heavy atom. The smallest absolute Gasteiger partial charge is 0.241 e. The number of nitrogens with one attached hydrogen (secondary N) is 1. The van der Waals surface area contributed by atoms with Crippen LogP contribution in [0.5, 0.6) is 0 Å². The average Bonchev–Trinajstić information content (AvgIpc) is 3.17. The summed E-state index contributed by atoms with van der Waals surface area (Å²) in [5, 5.41) is 5.11. The molecule has 2 aromatic rings. The van der Waals surface area contributed by atoms with Gasteiger partial charge in [-0.05, 0) is 23.9 Å². The molecule has 0 spiro atoms. The van der Waals surface area contributed by atoms with Crippen LogP contribution in [-0.4, -0.2) is 43.7 Å². The first-order valence-electron chi connectivity index (χ1n) is 8.60. The van der Waals surface area contributed by atoms with Crippen LogP contribution in [0.15, 0.2) is 41.8 Å². The van der Waals surface area contributed by atoms with Gasteiger partial charge in [0, 0.05) is 24.5 Å². The molecule has 0 saturated carbocycles. The van der Waals surface area contributed by atoms with Gasteiger partial charge in [0.05, 0.1) is 19.3 Å². The molecule has 2 atom stereocenters. The lowest BCUT2D eigenvalue weighted by atomic mass is 10.1. The molecule has 0 aliphatic carbocycles. The summed E-state index contributed by atoms with van der Waals surface area (Å²) in [6, 6.07) is 11.5. The van der Waals surface area contributed by atoms with E-state index < -0.39 is 6.04 Å². The topological polar surface area (TPSA) is 67.6 Å². The Hall–Kier alpha value is -1.73. The molecule has 6 heteroatoms. The summed E-state index contributed by atoms with van der Waals surface area (Å²) in [6.07, 6.45) is 0. The SMILES string of the molecule is Cc1ccc(C(N)C(=O)NCC(c2cccs2)N2CCOCC2)cc1. The van der Waals surface area contributed by atoms with E-state index in [0.29, 0.717) is 6.54 Å². The molecule has 1 aliphatic heterocycles. The van der Waals surface area contributed by atoms with E-state index in [-0.39, 0.29) is 11.9 Å². The molecule has 1 fully saturated rings. The normalized spacial score (nSPS) is 17.8. The van der Waals surface area contributed by atoms with Crippen molar-refractivity contribution in [3.05, 3.63) is 57.8 Å². The van der Waals surface area contributed by atoms with Crippen molar-refractivity contribution in [2.24, 2.45) is 5.73 Å². The number of thiophene rings is 1. The zero-order valence-electron chi connectivity index (χ0n) is 14.5. The summed E-state index contributed by atoms with van der Waals surface area (Å²) in [5.41, 5.74) is 8.12. The van der Waals surface area contributed by atoms with Crippen molar-refractivity contribution in [1.29, 1.82) is 0 Å². The highest BCUT2D eigenvalue weighted by Gasteiger charge is 2.25. The van der Waals surface area contributed by atoms with Gasteiger partial charge in [0.15, 0.2) is 0 Å². The number of benzene rings is 1. The lowest BCUT2D eigenvalue weighted by Crippen LogP contribution is -2.45. The molecule has 1 aliphatic rings. The average molecular weight is 359 g/mol. The van der Waals surface area contributed by atoms with E-state index >= 15 is 0 Å². The zero-order valence-corrected chi connectivity index (χ0v) is 15.3. The number of ether oxygens (including phenoxy) is 1. The van der Waals surface area contributed by atoms with Gasteiger partial charge in [0.2, 0.25) is 5.91 Å². The standard InChI is InChI=1S/C19H25N3O2S/c1-14-4-6-15(7-5-14)18(20)19(23)21-13-16(17-3-2-12-25-17)22-8-10-24-11-9-22/h2-7,12,16,18H,8-11,13,20H2,1H3,(H,21,23). The monoisotopic (exact) mass is 359 g/mol. The molecule has 1 aromatic carbocycles. The van der Waals surface area contributed by atoms with E-state index in [2.05, 4.69) is 21.7 Å². The Bertz CT molecular complexity index is 666. The minimum Gasteiger partial charge on any atom is -0.379 e. The Labute approximate surface area is 152 Å². The maximum absolute atomic E-state index is 12.5. The zero-order chi connectivity index (χ0) is 17.6. The van der Waals surface area contributed by atoms with Crippen molar-refractivity contribution in [3.63, 3.8) is 0 Å². The van der Waals surface area contributed by atoms with Crippen LogP contribution in [-0.2, 0) is 9.53 Å². The molecule has 2 unspecified atom stereocenters. The number of carbonyl (C=O) groups is 1. The second-order valence-electron chi connectivity index (χ2n) is 6.31. The first kappa shape index (κ1) is 18.1. The molecule has 0 bridgehead atoms. The molecule has 5 nitrogen and oxygen atoms in total. The van der Waals surface area contributed by atoms with E-state index in [9.17, 15) is 4.79 Å². The van der Waals surface area contributed by atoms with Crippen molar-refractivity contribution in [3.8, 4) is 0 Å². The lowest BCUT2D eigenvalue weighted by Gasteiger charge is -2.34. The molecule has 3 rings (SSSR count). The number of rotatable bonds is 6. The van der Waals surface area contributed by atoms with Gasteiger partial charge < -0.3 is 15.8 Å². The minimum atomic E-state index is -0.644. The largest absolute Gasteiger partial charge is 0.379 e. The maximum atomic E-state index is 12.5. The van der Waals surface area contributed by atoms with Gasteiger partial charge in [-0.3, -0.25) is 9.69 Å². The van der Waals surface area contributed by atoms with Crippen LogP contribution >= 0.6 is 11.3 Å². The third kappa shape index (κ3) is 4.67. The fourth-order valence-electron chi connectivity index (χ4n) is 3.01. The van der Waals surface area contributed by atoms with E-state index in [1.54, 1.807) is 11.3 Å². The molecule has 0 radical (unpaired) electrons. The number of aryl methyl sites for hydroxylation is 1. The minimum absolute atomic E-state index is 0.140. The maximum Gasteiger partial charge on any atom is 0.241 e. The molecule has 1 saturated heterocycles. The van der Waals surface area contributed by atoms with E-state index in [1.807, 2.05) is 37.3 Å². The van der Waals surface area contributed by atoms with Crippen LogP contribution in [0.4, 0.5) is 0 Å². The van der Waals surface area contributed by atoms with Gasteiger partial charge in [-0.25, -0.2) is 0 Å². The number of hydrogen-bond donors (Lipinski definition) is 2. The van der Waals surface area contributed by atoms with Gasteiger partial charge in [-0.15, -0.1) is 11.3 Å². The van der Waals surface area contributed by atoms with Crippen molar-refractivity contribution >= 4 is 17.2 Å². The van der Waals surface area contributed by atoms with Crippen LogP contribution in [0, 0.1) is 6.92 Å². The third-order valence-corrected chi connectivity index (χ3v) is 5.52. The van der Waals surface area contributed by atoms with E-state index in [1.165, 1.54) is 4.88 Å². The van der Waals surface area contributed by atoms with E-state index in [4.69, 9.17) is 10.5 Å². The highest BCUT2D eigenvalue weighted by Crippen LogP contribution is 2.25. The fourth-order valence-corrected chi connectivity index (χ4v) is 3.87. The summed E-state index contributed by atoms with van der Waals surface area (Å²) < 4.78 is 5.45. The van der Waals surface area contributed by atoms with Crippen LogP contribution < -0.4 is 11.1 Å². The highest BCUT2D eigenvalue weighted by molar-refractivity contribution is 7.10. The predicted molar refractivity (Wildman–Crippen MR) is 101 cm³/mol. The van der Waals surface area contributed by atoms with Crippen molar-refractivity contribution in [2.75, 3.05) is 32.8 Å². The molecule has 134 valence electrons. The third-order valence-electron chi connectivity index (χ3n) is 4.55. The molecule has 2 heterocycles.